The molecule has 2 unspecified atom stereocenters. The van der Waals surface area contributed by atoms with Gasteiger partial charge in [-0.3, -0.25) is 4.79 Å². The van der Waals surface area contributed by atoms with Crippen LogP contribution < -0.4 is 10.6 Å². The van der Waals surface area contributed by atoms with Gasteiger partial charge in [-0.1, -0.05) is 0 Å². The van der Waals surface area contributed by atoms with Crippen LogP contribution in [0.15, 0.2) is 0 Å². The minimum Gasteiger partial charge on any atom is -0.377 e. The molecule has 1 amide bonds. The number of nitrogens with one attached hydrogen (secondary N) is 2. The number of amides is 1. The van der Waals surface area contributed by atoms with Crippen LogP contribution in [0.2, 0.25) is 0 Å². The average Bonchev–Trinajstić information content (AvgIpc) is 2.64. The smallest absolute Gasteiger partial charge is 0.220 e. The van der Waals surface area contributed by atoms with Crippen molar-refractivity contribution in [3.63, 3.8) is 0 Å². The zero-order chi connectivity index (χ0) is 13.0. The van der Waals surface area contributed by atoms with Crippen LogP contribution in [0.3, 0.4) is 0 Å². The molecule has 0 aromatic heterocycles. The molecule has 2 heterocycles. The van der Waals surface area contributed by atoms with Crippen LogP contribution >= 0.6 is 12.4 Å². The molecule has 0 aliphatic carbocycles. The lowest BCUT2D eigenvalue weighted by Gasteiger charge is -2.28. The maximum atomic E-state index is 11.8. The third-order valence-corrected chi connectivity index (χ3v) is 3.92. The summed E-state index contributed by atoms with van der Waals surface area (Å²) in [6.45, 7) is 5.26. The lowest BCUT2D eigenvalue weighted by Crippen LogP contribution is -2.40. The lowest BCUT2D eigenvalue weighted by molar-refractivity contribution is -0.122. The number of carbonyl (C=O) groups is 1. The summed E-state index contributed by atoms with van der Waals surface area (Å²) in [5.41, 5.74) is 0. The fourth-order valence-corrected chi connectivity index (χ4v) is 3.16. The molecule has 2 fully saturated rings. The first-order chi connectivity index (χ1) is 8.63. The second kappa shape index (κ2) is 8.08. The van der Waals surface area contributed by atoms with Crippen LogP contribution in [0.25, 0.3) is 0 Å². The van der Waals surface area contributed by atoms with Crippen molar-refractivity contribution in [3.05, 3.63) is 0 Å². The average molecular weight is 291 g/mol. The third kappa shape index (κ3) is 5.67. The Morgan fingerprint density at radius 3 is 2.53 bits per heavy atom. The summed E-state index contributed by atoms with van der Waals surface area (Å²) < 4.78 is 5.40. The van der Waals surface area contributed by atoms with Crippen LogP contribution in [0, 0.1) is 5.92 Å². The summed E-state index contributed by atoms with van der Waals surface area (Å²) in [7, 11) is 0. The molecule has 0 radical (unpaired) electrons. The molecule has 0 aromatic carbocycles. The normalized spacial score (nSPS) is 29.1. The summed E-state index contributed by atoms with van der Waals surface area (Å²) >= 11 is 0. The number of carbonyl (C=O) groups excluding carboxylic acids is 1. The van der Waals surface area contributed by atoms with Crippen LogP contribution in [0.4, 0.5) is 0 Å². The van der Waals surface area contributed by atoms with Gasteiger partial charge in [0.25, 0.3) is 0 Å². The monoisotopic (exact) mass is 290 g/mol. The largest absolute Gasteiger partial charge is 0.377 e. The molecular weight excluding hydrogens is 264 g/mol. The molecule has 2 saturated heterocycles. The highest BCUT2D eigenvalue weighted by Crippen LogP contribution is 2.32. The molecule has 0 spiro atoms. The zero-order valence-electron chi connectivity index (χ0n) is 12.0. The van der Waals surface area contributed by atoms with Crippen molar-refractivity contribution in [2.45, 2.75) is 64.1 Å². The number of rotatable bonds is 6. The van der Waals surface area contributed by atoms with E-state index >= 15 is 0 Å². The summed E-state index contributed by atoms with van der Waals surface area (Å²) in [6.07, 6.45) is 5.87. The van der Waals surface area contributed by atoms with Crippen molar-refractivity contribution in [1.82, 2.24) is 10.6 Å². The van der Waals surface area contributed by atoms with Gasteiger partial charge in [-0.05, 0) is 45.4 Å². The number of piperidine rings is 1. The summed E-state index contributed by atoms with van der Waals surface area (Å²) in [5.74, 6) is 0.767. The van der Waals surface area contributed by atoms with E-state index in [0.29, 0.717) is 37.6 Å². The van der Waals surface area contributed by atoms with Crippen molar-refractivity contribution in [1.29, 1.82) is 0 Å². The van der Waals surface area contributed by atoms with Crippen LogP contribution in [-0.2, 0) is 9.53 Å². The summed E-state index contributed by atoms with van der Waals surface area (Å²) in [5, 5.41) is 6.56. The number of halogens is 1. The van der Waals surface area contributed by atoms with E-state index in [1.165, 1.54) is 25.7 Å². The van der Waals surface area contributed by atoms with Gasteiger partial charge in [-0.25, -0.2) is 0 Å². The Kier molecular flexibility index (Phi) is 7.11. The molecule has 2 rings (SSSR count). The fraction of sp³-hybridized carbons (Fsp3) is 0.929. The highest BCUT2D eigenvalue weighted by atomic mass is 35.5. The first-order valence-corrected chi connectivity index (χ1v) is 7.28. The Morgan fingerprint density at radius 2 is 1.95 bits per heavy atom. The quantitative estimate of drug-likeness (QED) is 0.734. The molecular formula is C14H27ClN2O2. The van der Waals surface area contributed by atoms with Gasteiger partial charge in [-0.2, -0.15) is 0 Å². The molecule has 112 valence electrons. The van der Waals surface area contributed by atoms with Gasteiger partial charge in [-0.15, -0.1) is 12.4 Å². The van der Waals surface area contributed by atoms with E-state index in [1.807, 2.05) is 13.8 Å². The Hall–Kier alpha value is -0.320. The van der Waals surface area contributed by atoms with E-state index in [1.54, 1.807) is 0 Å². The van der Waals surface area contributed by atoms with Crippen LogP contribution in [-0.4, -0.2) is 37.2 Å². The number of fused-ring (bicyclic) bond motifs is 2. The molecule has 2 aliphatic rings. The third-order valence-electron chi connectivity index (χ3n) is 3.92. The molecule has 19 heavy (non-hydrogen) atoms. The van der Waals surface area contributed by atoms with Gasteiger partial charge in [0.2, 0.25) is 5.91 Å². The second-order valence-corrected chi connectivity index (χ2v) is 5.95. The summed E-state index contributed by atoms with van der Waals surface area (Å²) in [6, 6.07) is 1.34. The predicted molar refractivity (Wildman–Crippen MR) is 78.6 cm³/mol. The first-order valence-electron chi connectivity index (χ1n) is 7.28. The molecule has 2 bridgehead atoms. The van der Waals surface area contributed by atoms with Gasteiger partial charge in [0, 0.05) is 25.0 Å². The minimum atomic E-state index is 0. The van der Waals surface area contributed by atoms with Gasteiger partial charge in [0.1, 0.15) is 0 Å². The molecule has 2 aliphatic heterocycles. The second-order valence-electron chi connectivity index (χ2n) is 5.95. The highest BCUT2D eigenvalue weighted by molar-refractivity contribution is 5.85. The number of hydrogen-bond acceptors (Lipinski definition) is 3. The van der Waals surface area contributed by atoms with Gasteiger partial charge in [0.15, 0.2) is 0 Å². The minimum absolute atomic E-state index is 0. The Morgan fingerprint density at radius 1 is 1.32 bits per heavy atom. The Labute approximate surface area is 122 Å². The Bertz CT molecular complexity index is 275. The Balaban J connectivity index is 0.00000180. The zero-order valence-corrected chi connectivity index (χ0v) is 12.8. The van der Waals surface area contributed by atoms with E-state index in [9.17, 15) is 4.79 Å². The molecule has 0 aromatic rings. The van der Waals surface area contributed by atoms with Gasteiger partial charge in [0.05, 0.1) is 12.7 Å². The van der Waals surface area contributed by atoms with Crippen LogP contribution in [0.1, 0.15) is 46.0 Å². The topological polar surface area (TPSA) is 50.4 Å². The summed E-state index contributed by atoms with van der Waals surface area (Å²) in [4.78, 5) is 11.8. The van der Waals surface area contributed by atoms with Crippen molar-refractivity contribution in [2.24, 2.45) is 5.92 Å². The van der Waals surface area contributed by atoms with Crippen LogP contribution in [0.5, 0.6) is 0 Å². The van der Waals surface area contributed by atoms with Crippen molar-refractivity contribution in [3.8, 4) is 0 Å². The SMILES string of the molecule is CC(C)OCCNC(=O)CC1CC2CCC(C1)N2.Cl. The molecule has 2 atom stereocenters. The van der Waals surface area contributed by atoms with Gasteiger partial charge >= 0.3 is 0 Å². The van der Waals surface area contributed by atoms with Gasteiger partial charge < -0.3 is 15.4 Å². The lowest BCUT2D eigenvalue weighted by atomic mass is 9.89. The van der Waals surface area contributed by atoms with E-state index in [-0.39, 0.29) is 24.4 Å². The highest BCUT2D eigenvalue weighted by Gasteiger charge is 2.33. The number of ether oxygens (including phenoxy) is 1. The van der Waals surface area contributed by atoms with E-state index in [4.69, 9.17) is 4.74 Å². The standard InChI is InChI=1S/C14H26N2O2.ClH/c1-10(2)18-6-5-15-14(17)9-11-7-12-3-4-13(8-11)16-12;/h10-13,16H,3-9H2,1-2H3,(H,15,17);1H. The van der Waals surface area contributed by atoms with Crippen molar-refractivity contribution in [2.75, 3.05) is 13.2 Å². The van der Waals surface area contributed by atoms with Crippen molar-refractivity contribution >= 4 is 18.3 Å². The first kappa shape index (κ1) is 16.7. The number of hydrogen-bond donors (Lipinski definition) is 2. The molecule has 5 heteroatoms. The maximum absolute atomic E-state index is 11.8. The van der Waals surface area contributed by atoms with E-state index in [0.717, 1.165) is 0 Å². The maximum Gasteiger partial charge on any atom is 0.220 e. The van der Waals surface area contributed by atoms with E-state index < -0.39 is 0 Å². The fourth-order valence-electron chi connectivity index (χ4n) is 3.16. The molecule has 4 nitrogen and oxygen atoms in total. The molecule has 2 N–H and O–H groups in total. The van der Waals surface area contributed by atoms with Crippen molar-refractivity contribution < 1.29 is 9.53 Å². The molecule has 0 saturated carbocycles. The predicted octanol–water partition coefficient (Wildman–Crippen LogP) is 1.87. The van der Waals surface area contributed by atoms with E-state index in [2.05, 4.69) is 10.6 Å².